The van der Waals surface area contributed by atoms with Gasteiger partial charge in [-0.05, 0) is 18.1 Å². The van der Waals surface area contributed by atoms with Crippen molar-refractivity contribution in [1.29, 1.82) is 0 Å². The van der Waals surface area contributed by atoms with Gasteiger partial charge in [0.05, 0.1) is 5.92 Å². The summed E-state index contributed by atoms with van der Waals surface area (Å²) in [4.78, 5) is 16.4. The van der Waals surface area contributed by atoms with E-state index < -0.39 is 0 Å². The Morgan fingerprint density at radius 1 is 1.33 bits per heavy atom. The van der Waals surface area contributed by atoms with Gasteiger partial charge in [-0.15, -0.1) is 0 Å². The second kappa shape index (κ2) is 6.54. The molecule has 2 rings (SSSR count). The molecular formula is C16H21N3O2. The third kappa shape index (κ3) is 3.70. The van der Waals surface area contributed by atoms with E-state index in [1.54, 1.807) is 13.2 Å². The summed E-state index contributed by atoms with van der Waals surface area (Å²) >= 11 is 0. The lowest BCUT2D eigenvalue weighted by Crippen LogP contribution is -2.33. The van der Waals surface area contributed by atoms with Gasteiger partial charge in [0, 0.05) is 24.7 Å². The zero-order valence-electron chi connectivity index (χ0n) is 12.6. The minimum atomic E-state index is -0.178. The molecule has 1 aromatic heterocycles. The van der Waals surface area contributed by atoms with Gasteiger partial charge in [0.15, 0.2) is 5.89 Å². The third-order valence-corrected chi connectivity index (χ3v) is 3.46. The molecule has 0 aliphatic carbocycles. The van der Waals surface area contributed by atoms with Crippen LogP contribution < -0.4 is 11.1 Å². The van der Waals surface area contributed by atoms with Crippen LogP contribution in [0.15, 0.2) is 34.9 Å². The molecule has 3 N–H and O–H groups in total. The number of anilines is 1. The Balaban J connectivity index is 2.07. The fourth-order valence-corrected chi connectivity index (χ4v) is 2.14. The molecule has 0 spiro atoms. The number of nitrogens with zero attached hydrogens (tertiary/aromatic N) is 1. The smallest absolute Gasteiger partial charge is 0.229 e. The van der Waals surface area contributed by atoms with E-state index in [0.29, 0.717) is 12.4 Å². The number of carbonyl (C=O) groups excluding carboxylic acids is 1. The van der Waals surface area contributed by atoms with Crippen LogP contribution in [0.4, 0.5) is 5.69 Å². The highest BCUT2D eigenvalue weighted by Crippen LogP contribution is 2.21. The van der Waals surface area contributed by atoms with E-state index in [1.165, 1.54) is 0 Å². The fraction of sp³-hybridized carbons (Fsp3) is 0.375. The Labute approximate surface area is 124 Å². The van der Waals surface area contributed by atoms with E-state index >= 15 is 0 Å². The number of hydrogen-bond acceptors (Lipinski definition) is 4. The van der Waals surface area contributed by atoms with Crippen LogP contribution in [0.2, 0.25) is 0 Å². The van der Waals surface area contributed by atoms with Crippen molar-refractivity contribution in [1.82, 2.24) is 4.98 Å². The number of amides is 1. The normalized spacial score (nSPS) is 12.4. The first kappa shape index (κ1) is 15.3. The highest BCUT2D eigenvalue weighted by Gasteiger charge is 2.20. The van der Waals surface area contributed by atoms with E-state index in [4.69, 9.17) is 10.2 Å². The quantitative estimate of drug-likeness (QED) is 0.886. The van der Waals surface area contributed by atoms with Gasteiger partial charge in [-0.1, -0.05) is 26.0 Å². The number of aryl methyl sites for hydroxylation is 1. The molecule has 0 saturated carbocycles. The highest BCUT2D eigenvalue weighted by molar-refractivity contribution is 5.93. The van der Waals surface area contributed by atoms with Gasteiger partial charge in [0.1, 0.15) is 12.0 Å². The van der Waals surface area contributed by atoms with Crippen molar-refractivity contribution in [2.24, 2.45) is 17.6 Å². The van der Waals surface area contributed by atoms with Crippen LogP contribution in [0.3, 0.4) is 0 Å². The van der Waals surface area contributed by atoms with Crippen LogP contribution in [-0.2, 0) is 4.79 Å². The van der Waals surface area contributed by atoms with Crippen LogP contribution in [0, 0.1) is 18.8 Å². The first-order valence-corrected chi connectivity index (χ1v) is 7.04. The SMILES string of the molecule is Cc1nc(-c2ccc(NC(=O)C(CN)C(C)C)cc2)co1. The second-order valence-electron chi connectivity index (χ2n) is 5.40. The zero-order valence-corrected chi connectivity index (χ0v) is 12.6. The molecule has 0 saturated heterocycles. The average Bonchev–Trinajstić information content (AvgIpc) is 2.86. The lowest BCUT2D eigenvalue weighted by molar-refractivity contribution is -0.120. The maximum Gasteiger partial charge on any atom is 0.229 e. The minimum absolute atomic E-state index is 0.0440. The summed E-state index contributed by atoms with van der Waals surface area (Å²) in [5.41, 5.74) is 8.14. The van der Waals surface area contributed by atoms with Crippen molar-refractivity contribution < 1.29 is 9.21 Å². The second-order valence-corrected chi connectivity index (χ2v) is 5.40. The lowest BCUT2D eigenvalue weighted by Gasteiger charge is -2.18. The molecule has 1 atom stereocenters. The topological polar surface area (TPSA) is 81.2 Å². The maximum absolute atomic E-state index is 12.1. The average molecular weight is 287 g/mol. The Morgan fingerprint density at radius 2 is 2.00 bits per heavy atom. The number of rotatable bonds is 5. The molecule has 112 valence electrons. The highest BCUT2D eigenvalue weighted by atomic mass is 16.3. The number of carbonyl (C=O) groups is 1. The number of oxazole rings is 1. The predicted molar refractivity (Wildman–Crippen MR) is 82.7 cm³/mol. The van der Waals surface area contributed by atoms with Crippen molar-refractivity contribution in [3.05, 3.63) is 36.4 Å². The van der Waals surface area contributed by atoms with Gasteiger partial charge in [-0.2, -0.15) is 0 Å². The molecule has 0 bridgehead atoms. The van der Waals surface area contributed by atoms with Gasteiger partial charge in [-0.3, -0.25) is 4.79 Å². The van der Waals surface area contributed by atoms with E-state index in [2.05, 4.69) is 10.3 Å². The molecule has 21 heavy (non-hydrogen) atoms. The predicted octanol–water partition coefficient (Wildman–Crippen LogP) is 2.82. The van der Waals surface area contributed by atoms with Crippen molar-refractivity contribution in [2.75, 3.05) is 11.9 Å². The van der Waals surface area contributed by atoms with Crippen LogP contribution in [0.25, 0.3) is 11.3 Å². The molecule has 2 aromatic rings. The van der Waals surface area contributed by atoms with Crippen molar-refractivity contribution in [2.45, 2.75) is 20.8 Å². The van der Waals surface area contributed by atoms with Gasteiger partial charge < -0.3 is 15.5 Å². The lowest BCUT2D eigenvalue weighted by atomic mass is 9.95. The molecule has 1 amide bonds. The summed E-state index contributed by atoms with van der Waals surface area (Å²) in [6, 6.07) is 7.51. The summed E-state index contributed by atoms with van der Waals surface area (Å²) in [5, 5.41) is 2.90. The fourth-order valence-electron chi connectivity index (χ4n) is 2.14. The van der Waals surface area contributed by atoms with Gasteiger partial charge in [0.25, 0.3) is 0 Å². The first-order chi connectivity index (χ1) is 10.0. The molecular weight excluding hydrogens is 266 g/mol. The zero-order chi connectivity index (χ0) is 15.4. The van der Waals surface area contributed by atoms with E-state index in [0.717, 1.165) is 16.9 Å². The number of hydrogen-bond donors (Lipinski definition) is 2. The molecule has 0 aliphatic heterocycles. The molecule has 1 heterocycles. The van der Waals surface area contributed by atoms with Crippen molar-refractivity contribution in [3.8, 4) is 11.3 Å². The summed E-state index contributed by atoms with van der Waals surface area (Å²) in [6.07, 6.45) is 1.62. The Kier molecular flexibility index (Phi) is 4.75. The molecule has 0 aliphatic rings. The van der Waals surface area contributed by atoms with Crippen molar-refractivity contribution >= 4 is 11.6 Å². The number of aromatic nitrogens is 1. The molecule has 0 radical (unpaired) electrons. The first-order valence-electron chi connectivity index (χ1n) is 7.04. The van der Waals surface area contributed by atoms with Crippen LogP contribution in [0.5, 0.6) is 0 Å². The molecule has 5 nitrogen and oxygen atoms in total. The summed E-state index contributed by atoms with van der Waals surface area (Å²) in [6.45, 7) is 6.14. The molecule has 0 fully saturated rings. The molecule has 1 unspecified atom stereocenters. The number of nitrogens with one attached hydrogen (secondary N) is 1. The van der Waals surface area contributed by atoms with E-state index in [-0.39, 0.29) is 17.7 Å². The van der Waals surface area contributed by atoms with Crippen LogP contribution >= 0.6 is 0 Å². The van der Waals surface area contributed by atoms with Crippen LogP contribution in [0.1, 0.15) is 19.7 Å². The Bertz CT molecular complexity index is 602. The molecule has 1 aromatic carbocycles. The Morgan fingerprint density at radius 3 is 2.48 bits per heavy atom. The van der Waals surface area contributed by atoms with E-state index in [9.17, 15) is 4.79 Å². The number of nitrogens with two attached hydrogens (primary N) is 1. The van der Waals surface area contributed by atoms with Gasteiger partial charge >= 0.3 is 0 Å². The van der Waals surface area contributed by atoms with Crippen molar-refractivity contribution in [3.63, 3.8) is 0 Å². The number of benzene rings is 1. The summed E-state index contributed by atoms with van der Waals surface area (Å²) in [7, 11) is 0. The van der Waals surface area contributed by atoms with Gasteiger partial charge in [0.2, 0.25) is 5.91 Å². The monoisotopic (exact) mass is 287 g/mol. The molecule has 5 heteroatoms. The largest absolute Gasteiger partial charge is 0.449 e. The summed E-state index contributed by atoms with van der Waals surface area (Å²) in [5.74, 6) is 0.623. The maximum atomic E-state index is 12.1. The standard InChI is InChI=1S/C16H21N3O2/c1-10(2)14(8-17)16(20)19-13-6-4-12(5-7-13)15-9-21-11(3)18-15/h4-7,9-10,14H,8,17H2,1-3H3,(H,19,20). The van der Waals surface area contributed by atoms with Crippen LogP contribution in [-0.4, -0.2) is 17.4 Å². The minimum Gasteiger partial charge on any atom is -0.449 e. The Hall–Kier alpha value is -2.14. The summed E-state index contributed by atoms with van der Waals surface area (Å²) < 4.78 is 5.19. The van der Waals surface area contributed by atoms with Gasteiger partial charge in [-0.25, -0.2) is 4.98 Å². The van der Waals surface area contributed by atoms with E-state index in [1.807, 2.05) is 38.1 Å². The third-order valence-electron chi connectivity index (χ3n) is 3.46.